The highest BCUT2D eigenvalue weighted by Gasteiger charge is 2.14. The fraction of sp³-hybridized carbons (Fsp3) is 0.353. The molecule has 0 aliphatic carbocycles. The molecule has 1 aromatic heterocycles. The molecule has 0 saturated heterocycles. The smallest absolute Gasteiger partial charge is 0.153 e. The molecule has 1 atom stereocenters. The Kier molecular flexibility index (Phi) is 4.74. The lowest BCUT2D eigenvalue weighted by atomic mass is 10.0. The van der Waals surface area contributed by atoms with Gasteiger partial charge in [0.2, 0.25) is 0 Å². The average Bonchev–Trinajstić information content (AvgIpc) is 2.47. The van der Waals surface area contributed by atoms with Gasteiger partial charge in [0.05, 0.1) is 5.69 Å². The SMILES string of the molecule is Cc1ccc(C(C)C)cc1OC(CN)c1ccccn1. The Hall–Kier alpha value is -1.87. The van der Waals surface area contributed by atoms with Gasteiger partial charge in [-0.2, -0.15) is 0 Å². The Labute approximate surface area is 120 Å². The molecule has 0 amide bonds. The van der Waals surface area contributed by atoms with E-state index in [9.17, 15) is 0 Å². The molecule has 2 rings (SSSR count). The first-order chi connectivity index (χ1) is 9.61. The van der Waals surface area contributed by atoms with Crippen LogP contribution in [0.15, 0.2) is 42.6 Å². The number of ether oxygens (including phenoxy) is 1. The highest BCUT2D eigenvalue weighted by Crippen LogP contribution is 2.27. The molecular formula is C17H22N2O. The molecule has 0 bridgehead atoms. The third-order valence-electron chi connectivity index (χ3n) is 3.38. The first-order valence-electron chi connectivity index (χ1n) is 7.00. The summed E-state index contributed by atoms with van der Waals surface area (Å²) in [6.07, 6.45) is 1.55. The van der Waals surface area contributed by atoms with Crippen molar-refractivity contribution in [3.63, 3.8) is 0 Å². The fourth-order valence-electron chi connectivity index (χ4n) is 2.05. The van der Waals surface area contributed by atoms with Crippen LogP contribution >= 0.6 is 0 Å². The summed E-state index contributed by atoms with van der Waals surface area (Å²) in [6.45, 7) is 6.80. The first kappa shape index (κ1) is 14.5. The molecule has 1 aromatic carbocycles. The number of aryl methyl sites for hydroxylation is 1. The summed E-state index contributed by atoms with van der Waals surface area (Å²) in [4.78, 5) is 4.33. The number of rotatable bonds is 5. The van der Waals surface area contributed by atoms with Crippen molar-refractivity contribution in [1.82, 2.24) is 4.98 Å². The summed E-state index contributed by atoms with van der Waals surface area (Å²) < 4.78 is 6.08. The van der Waals surface area contributed by atoms with E-state index in [2.05, 4.69) is 37.0 Å². The van der Waals surface area contributed by atoms with E-state index >= 15 is 0 Å². The van der Waals surface area contributed by atoms with Crippen LogP contribution in [0, 0.1) is 6.92 Å². The second-order valence-corrected chi connectivity index (χ2v) is 5.28. The number of hydrogen-bond acceptors (Lipinski definition) is 3. The summed E-state index contributed by atoms with van der Waals surface area (Å²) >= 11 is 0. The summed E-state index contributed by atoms with van der Waals surface area (Å²) in [5.74, 6) is 1.36. The van der Waals surface area contributed by atoms with E-state index < -0.39 is 0 Å². The van der Waals surface area contributed by atoms with E-state index in [0.717, 1.165) is 17.0 Å². The Morgan fingerprint density at radius 3 is 2.60 bits per heavy atom. The van der Waals surface area contributed by atoms with Gasteiger partial charge in [-0.15, -0.1) is 0 Å². The number of hydrogen-bond donors (Lipinski definition) is 1. The molecule has 0 spiro atoms. The van der Waals surface area contributed by atoms with E-state index in [1.807, 2.05) is 25.1 Å². The zero-order valence-corrected chi connectivity index (χ0v) is 12.3. The highest BCUT2D eigenvalue weighted by atomic mass is 16.5. The first-order valence-corrected chi connectivity index (χ1v) is 7.00. The van der Waals surface area contributed by atoms with E-state index in [0.29, 0.717) is 12.5 Å². The number of benzene rings is 1. The monoisotopic (exact) mass is 270 g/mol. The molecule has 0 radical (unpaired) electrons. The summed E-state index contributed by atoms with van der Waals surface area (Å²) in [6, 6.07) is 12.1. The Morgan fingerprint density at radius 2 is 2.00 bits per heavy atom. The van der Waals surface area contributed by atoms with Crippen LogP contribution in [0.25, 0.3) is 0 Å². The molecule has 0 fully saturated rings. The van der Waals surface area contributed by atoms with Crippen LogP contribution < -0.4 is 10.5 Å². The quantitative estimate of drug-likeness (QED) is 0.903. The molecule has 3 heteroatoms. The molecule has 106 valence electrons. The number of nitrogens with two attached hydrogens (primary N) is 1. The zero-order chi connectivity index (χ0) is 14.5. The minimum atomic E-state index is -0.211. The standard InChI is InChI=1S/C17H22N2O/c1-12(2)14-8-7-13(3)16(10-14)20-17(11-18)15-6-4-5-9-19-15/h4-10,12,17H,11,18H2,1-3H3. The predicted octanol–water partition coefficient (Wildman–Crippen LogP) is 3.59. The Bertz CT molecular complexity index is 552. The van der Waals surface area contributed by atoms with Crippen LogP contribution in [0.5, 0.6) is 5.75 Å². The van der Waals surface area contributed by atoms with Crippen molar-refractivity contribution in [2.75, 3.05) is 6.54 Å². The van der Waals surface area contributed by atoms with Crippen LogP contribution in [-0.2, 0) is 0 Å². The van der Waals surface area contributed by atoms with Gasteiger partial charge in [-0.25, -0.2) is 0 Å². The maximum atomic E-state index is 6.08. The molecule has 0 saturated carbocycles. The topological polar surface area (TPSA) is 48.1 Å². The van der Waals surface area contributed by atoms with E-state index in [-0.39, 0.29) is 6.10 Å². The van der Waals surface area contributed by atoms with Crippen LogP contribution in [0.4, 0.5) is 0 Å². The number of pyridine rings is 1. The second-order valence-electron chi connectivity index (χ2n) is 5.28. The molecule has 3 nitrogen and oxygen atoms in total. The minimum Gasteiger partial charge on any atom is -0.483 e. The van der Waals surface area contributed by atoms with Gasteiger partial charge < -0.3 is 10.5 Å². The Balaban J connectivity index is 2.25. The zero-order valence-electron chi connectivity index (χ0n) is 12.3. The van der Waals surface area contributed by atoms with E-state index in [1.54, 1.807) is 6.20 Å². The fourth-order valence-corrected chi connectivity index (χ4v) is 2.05. The van der Waals surface area contributed by atoms with Gasteiger partial charge in [0.1, 0.15) is 5.75 Å². The van der Waals surface area contributed by atoms with Crippen LogP contribution in [0.1, 0.15) is 42.7 Å². The van der Waals surface area contributed by atoms with E-state index in [4.69, 9.17) is 10.5 Å². The second kappa shape index (κ2) is 6.53. The molecule has 0 aliphatic rings. The number of aromatic nitrogens is 1. The lowest BCUT2D eigenvalue weighted by Crippen LogP contribution is -2.20. The lowest BCUT2D eigenvalue weighted by Gasteiger charge is -2.19. The van der Waals surface area contributed by atoms with Gasteiger partial charge in [-0.05, 0) is 42.2 Å². The van der Waals surface area contributed by atoms with Crippen molar-refractivity contribution in [3.05, 3.63) is 59.4 Å². The van der Waals surface area contributed by atoms with Crippen LogP contribution in [0.3, 0.4) is 0 Å². The largest absolute Gasteiger partial charge is 0.483 e. The third-order valence-corrected chi connectivity index (χ3v) is 3.38. The predicted molar refractivity (Wildman–Crippen MR) is 81.9 cm³/mol. The van der Waals surface area contributed by atoms with E-state index in [1.165, 1.54) is 5.56 Å². The molecule has 0 aliphatic heterocycles. The van der Waals surface area contributed by atoms with Gasteiger partial charge >= 0.3 is 0 Å². The van der Waals surface area contributed by atoms with Crippen molar-refractivity contribution in [1.29, 1.82) is 0 Å². The third kappa shape index (κ3) is 3.36. The molecule has 1 heterocycles. The molecule has 20 heavy (non-hydrogen) atoms. The van der Waals surface area contributed by atoms with Crippen LogP contribution in [-0.4, -0.2) is 11.5 Å². The molecule has 2 N–H and O–H groups in total. The molecule has 1 unspecified atom stereocenters. The molecular weight excluding hydrogens is 248 g/mol. The Morgan fingerprint density at radius 1 is 1.20 bits per heavy atom. The van der Waals surface area contributed by atoms with Gasteiger partial charge in [-0.3, -0.25) is 4.98 Å². The average molecular weight is 270 g/mol. The van der Waals surface area contributed by atoms with Crippen molar-refractivity contribution in [3.8, 4) is 5.75 Å². The van der Waals surface area contributed by atoms with Crippen LogP contribution in [0.2, 0.25) is 0 Å². The summed E-state index contributed by atoms with van der Waals surface area (Å²) in [7, 11) is 0. The van der Waals surface area contributed by atoms with Gasteiger partial charge in [0.25, 0.3) is 0 Å². The van der Waals surface area contributed by atoms with Crippen molar-refractivity contribution < 1.29 is 4.74 Å². The lowest BCUT2D eigenvalue weighted by molar-refractivity contribution is 0.207. The normalized spacial score (nSPS) is 12.4. The van der Waals surface area contributed by atoms with Gasteiger partial charge in [-0.1, -0.05) is 32.0 Å². The maximum absolute atomic E-state index is 6.08. The van der Waals surface area contributed by atoms with Crippen molar-refractivity contribution in [2.24, 2.45) is 5.73 Å². The van der Waals surface area contributed by atoms with Gasteiger partial charge in [0, 0.05) is 12.7 Å². The highest BCUT2D eigenvalue weighted by molar-refractivity contribution is 5.38. The van der Waals surface area contributed by atoms with Crippen molar-refractivity contribution >= 4 is 0 Å². The minimum absolute atomic E-state index is 0.211. The molecule has 2 aromatic rings. The summed E-state index contributed by atoms with van der Waals surface area (Å²) in [5.41, 5.74) is 9.08. The van der Waals surface area contributed by atoms with Gasteiger partial charge in [0.15, 0.2) is 6.10 Å². The number of nitrogens with zero attached hydrogens (tertiary/aromatic N) is 1. The summed E-state index contributed by atoms with van der Waals surface area (Å²) in [5, 5.41) is 0. The maximum Gasteiger partial charge on any atom is 0.153 e. The van der Waals surface area contributed by atoms with Crippen molar-refractivity contribution in [2.45, 2.75) is 32.8 Å².